The lowest BCUT2D eigenvalue weighted by atomic mass is 10.1. The molecule has 2 aromatic heterocycles. The number of benzene rings is 2. The minimum Gasteiger partial charge on any atom is -0.334 e. The van der Waals surface area contributed by atoms with Gasteiger partial charge >= 0.3 is 0 Å². The molecule has 0 aliphatic carbocycles. The molecule has 138 valence electrons. The van der Waals surface area contributed by atoms with Gasteiger partial charge in [0.15, 0.2) is 0 Å². The Morgan fingerprint density at radius 2 is 1.82 bits per heavy atom. The van der Waals surface area contributed by atoms with Crippen LogP contribution in [-0.2, 0) is 0 Å². The third-order valence-electron chi connectivity index (χ3n) is 4.11. The zero-order valence-corrected chi connectivity index (χ0v) is 16.5. The molecule has 28 heavy (non-hydrogen) atoms. The number of pyridine rings is 1. The summed E-state index contributed by atoms with van der Waals surface area (Å²) >= 11 is 3.37. The third-order valence-corrected chi connectivity index (χ3v) is 4.64. The Labute approximate surface area is 169 Å². The molecule has 1 N–H and O–H groups in total. The first-order chi connectivity index (χ1) is 13.6. The highest BCUT2D eigenvalue weighted by Gasteiger charge is 2.16. The Hall–Kier alpha value is -3.32. The molecule has 0 spiro atoms. The predicted octanol–water partition coefficient (Wildman–Crippen LogP) is 5.12. The molecule has 2 aromatic carbocycles. The van der Waals surface area contributed by atoms with Crippen LogP contribution >= 0.6 is 15.9 Å². The monoisotopic (exact) mass is 434 g/mol. The number of amides is 1. The number of nitrogens with zero attached hydrogens (tertiary/aromatic N) is 3. The van der Waals surface area contributed by atoms with Gasteiger partial charge in [0.05, 0.1) is 11.3 Å². The number of carbonyl (C=O) groups is 1. The summed E-state index contributed by atoms with van der Waals surface area (Å²) in [6.45, 7) is 1.91. The Bertz CT molecular complexity index is 1120. The number of halogens is 1. The molecule has 0 aliphatic heterocycles. The van der Waals surface area contributed by atoms with Crippen LogP contribution in [0.25, 0.3) is 22.8 Å². The van der Waals surface area contributed by atoms with Gasteiger partial charge in [-0.25, -0.2) is 0 Å². The molecule has 0 saturated carbocycles. The summed E-state index contributed by atoms with van der Waals surface area (Å²) in [5, 5.41) is 6.94. The van der Waals surface area contributed by atoms with Gasteiger partial charge in [0.2, 0.25) is 5.82 Å². The Kier molecular flexibility index (Phi) is 4.99. The van der Waals surface area contributed by atoms with Crippen molar-refractivity contribution in [2.75, 3.05) is 5.32 Å². The molecule has 0 atom stereocenters. The number of nitrogens with one attached hydrogen (secondary N) is 1. The maximum Gasteiger partial charge on any atom is 0.260 e. The average Bonchev–Trinajstić information content (AvgIpc) is 3.19. The fourth-order valence-corrected chi connectivity index (χ4v) is 2.89. The number of para-hydroxylation sites is 1. The van der Waals surface area contributed by atoms with Crippen molar-refractivity contribution in [2.24, 2.45) is 0 Å². The standard InChI is InChI=1S/C21H15BrN4O2/c1-13-6-7-15(12-23-13)19-25-21(28-26-19)17-4-2-3-5-18(17)24-20(27)14-8-10-16(22)11-9-14/h2-12H,1H3,(H,24,27). The number of aromatic nitrogens is 3. The molecule has 7 heteroatoms. The minimum atomic E-state index is -0.220. The van der Waals surface area contributed by atoms with Crippen molar-refractivity contribution in [3.63, 3.8) is 0 Å². The lowest BCUT2D eigenvalue weighted by Gasteiger charge is -2.08. The van der Waals surface area contributed by atoms with Crippen molar-refractivity contribution in [3.8, 4) is 22.8 Å². The molecular weight excluding hydrogens is 420 g/mol. The highest BCUT2D eigenvalue weighted by Crippen LogP contribution is 2.28. The zero-order valence-electron chi connectivity index (χ0n) is 14.9. The SMILES string of the molecule is Cc1ccc(-c2noc(-c3ccccc3NC(=O)c3ccc(Br)cc3)n2)cn1. The van der Waals surface area contributed by atoms with Crippen LogP contribution in [0.5, 0.6) is 0 Å². The molecule has 2 heterocycles. The summed E-state index contributed by atoms with van der Waals surface area (Å²) in [7, 11) is 0. The van der Waals surface area contributed by atoms with Crippen LogP contribution in [0.4, 0.5) is 5.69 Å². The van der Waals surface area contributed by atoms with Crippen molar-refractivity contribution < 1.29 is 9.32 Å². The summed E-state index contributed by atoms with van der Waals surface area (Å²) in [6.07, 6.45) is 1.70. The molecule has 0 unspecified atom stereocenters. The van der Waals surface area contributed by atoms with Gasteiger partial charge in [-0.15, -0.1) is 0 Å². The highest BCUT2D eigenvalue weighted by molar-refractivity contribution is 9.10. The molecule has 4 aromatic rings. The third kappa shape index (κ3) is 3.84. The number of aryl methyl sites for hydroxylation is 1. The van der Waals surface area contributed by atoms with Gasteiger partial charge in [0.25, 0.3) is 11.8 Å². The molecule has 4 rings (SSSR count). The van der Waals surface area contributed by atoms with Crippen molar-refractivity contribution >= 4 is 27.5 Å². The van der Waals surface area contributed by atoms with Gasteiger partial charge in [-0.1, -0.05) is 33.2 Å². The van der Waals surface area contributed by atoms with Gasteiger partial charge in [-0.05, 0) is 55.5 Å². The Balaban J connectivity index is 1.62. The van der Waals surface area contributed by atoms with Crippen molar-refractivity contribution in [1.29, 1.82) is 0 Å². The molecule has 0 radical (unpaired) electrons. The zero-order chi connectivity index (χ0) is 19.5. The topological polar surface area (TPSA) is 80.9 Å². The lowest BCUT2D eigenvalue weighted by molar-refractivity contribution is 0.102. The van der Waals surface area contributed by atoms with E-state index in [1.807, 2.05) is 49.4 Å². The van der Waals surface area contributed by atoms with Crippen LogP contribution in [0.2, 0.25) is 0 Å². The number of rotatable bonds is 4. The average molecular weight is 435 g/mol. The second kappa shape index (κ2) is 7.74. The summed E-state index contributed by atoms with van der Waals surface area (Å²) in [6, 6.07) is 18.2. The predicted molar refractivity (Wildman–Crippen MR) is 110 cm³/mol. The molecule has 0 saturated heterocycles. The van der Waals surface area contributed by atoms with E-state index in [9.17, 15) is 4.79 Å². The van der Waals surface area contributed by atoms with Gasteiger partial charge in [0, 0.05) is 27.5 Å². The molecule has 6 nitrogen and oxygen atoms in total. The maximum atomic E-state index is 12.6. The lowest BCUT2D eigenvalue weighted by Crippen LogP contribution is -2.12. The van der Waals surface area contributed by atoms with E-state index in [1.165, 1.54) is 0 Å². The number of hydrogen-bond donors (Lipinski definition) is 1. The molecule has 0 fully saturated rings. The van der Waals surface area contributed by atoms with Crippen LogP contribution in [0.1, 0.15) is 16.1 Å². The number of carbonyl (C=O) groups excluding carboxylic acids is 1. The van der Waals surface area contributed by atoms with E-state index in [4.69, 9.17) is 4.52 Å². The van der Waals surface area contributed by atoms with Crippen LogP contribution in [0.15, 0.2) is 75.9 Å². The summed E-state index contributed by atoms with van der Waals surface area (Å²) in [4.78, 5) is 21.3. The van der Waals surface area contributed by atoms with Gasteiger partial charge < -0.3 is 9.84 Å². The number of hydrogen-bond acceptors (Lipinski definition) is 5. The van der Waals surface area contributed by atoms with Gasteiger partial charge in [-0.2, -0.15) is 4.98 Å². The van der Waals surface area contributed by atoms with Crippen LogP contribution in [0, 0.1) is 6.92 Å². The highest BCUT2D eigenvalue weighted by atomic mass is 79.9. The molecular formula is C21H15BrN4O2. The second-order valence-electron chi connectivity index (χ2n) is 6.12. The first-order valence-electron chi connectivity index (χ1n) is 8.53. The van der Waals surface area contributed by atoms with E-state index in [2.05, 4.69) is 36.4 Å². The van der Waals surface area contributed by atoms with E-state index >= 15 is 0 Å². The largest absolute Gasteiger partial charge is 0.334 e. The minimum absolute atomic E-state index is 0.220. The second-order valence-corrected chi connectivity index (χ2v) is 7.03. The Morgan fingerprint density at radius 1 is 1.04 bits per heavy atom. The van der Waals surface area contributed by atoms with E-state index in [0.29, 0.717) is 28.5 Å². The van der Waals surface area contributed by atoms with E-state index in [0.717, 1.165) is 15.7 Å². The van der Waals surface area contributed by atoms with Crippen molar-refractivity contribution in [1.82, 2.24) is 15.1 Å². The van der Waals surface area contributed by atoms with E-state index in [-0.39, 0.29) is 5.91 Å². The van der Waals surface area contributed by atoms with Crippen molar-refractivity contribution in [2.45, 2.75) is 6.92 Å². The summed E-state index contributed by atoms with van der Waals surface area (Å²) in [5.74, 6) is 0.543. The van der Waals surface area contributed by atoms with Crippen LogP contribution < -0.4 is 5.32 Å². The molecule has 0 aliphatic rings. The summed E-state index contributed by atoms with van der Waals surface area (Å²) in [5.41, 5.74) is 3.46. The number of anilines is 1. The smallest absolute Gasteiger partial charge is 0.260 e. The normalized spacial score (nSPS) is 10.6. The maximum absolute atomic E-state index is 12.6. The van der Waals surface area contributed by atoms with E-state index in [1.54, 1.807) is 24.4 Å². The molecule has 1 amide bonds. The van der Waals surface area contributed by atoms with Crippen LogP contribution in [0.3, 0.4) is 0 Å². The van der Waals surface area contributed by atoms with Gasteiger partial charge in [0.1, 0.15) is 0 Å². The quantitative estimate of drug-likeness (QED) is 0.481. The Morgan fingerprint density at radius 3 is 2.57 bits per heavy atom. The van der Waals surface area contributed by atoms with Crippen LogP contribution in [-0.4, -0.2) is 21.0 Å². The van der Waals surface area contributed by atoms with Gasteiger partial charge in [-0.3, -0.25) is 9.78 Å². The fraction of sp³-hybridized carbons (Fsp3) is 0.0476. The molecule has 0 bridgehead atoms. The summed E-state index contributed by atoms with van der Waals surface area (Å²) < 4.78 is 6.34. The van der Waals surface area contributed by atoms with Crippen molar-refractivity contribution in [3.05, 3.63) is 82.6 Å². The van der Waals surface area contributed by atoms with E-state index < -0.39 is 0 Å². The first-order valence-corrected chi connectivity index (χ1v) is 9.32. The fourth-order valence-electron chi connectivity index (χ4n) is 2.62. The first kappa shape index (κ1) is 18.1.